The number of hydrogen-bond acceptors (Lipinski definition) is 4. The fourth-order valence-electron chi connectivity index (χ4n) is 2.90. The fraction of sp³-hybridized carbons (Fsp3) is 0.500. The molecule has 0 aromatic heterocycles. The molecule has 0 saturated carbocycles. The van der Waals surface area contributed by atoms with Gasteiger partial charge in [0.15, 0.2) is 0 Å². The molecule has 1 aliphatic rings. The Bertz CT molecular complexity index is 679. The summed E-state index contributed by atoms with van der Waals surface area (Å²) in [6.45, 7) is 5.01. The minimum absolute atomic E-state index is 0.0332. The number of aliphatic hydroxyl groups is 1. The van der Waals surface area contributed by atoms with E-state index in [2.05, 4.69) is 0 Å². The molecule has 1 N–H and O–H groups in total. The summed E-state index contributed by atoms with van der Waals surface area (Å²) in [4.78, 5) is 13.1. The highest BCUT2D eigenvalue weighted by Gasteiger charge is 2.56. The molecular formula is C16H17F3N2O2. The standard InChI is InChI=1S/C16H17F3N2O2/c1-14(2)13(23)8-21(15(14,3)9-22)11-5-4-10(7-20)12(6-11)16(17,18)19/h4-6,9,13,23H,8H2,1-3H3. The fourth-order valence-corrected chi connectivity index (χ4v) is 2.90. The molecule has 2 unspecified atom stereocenters. The number of halogens is 3. The smallest absolute Gasteiger partial charge is 0.391 e. The normalized spacial score (nSPS) is 26.9. The Labute approximate surface area is 132 Å². The van der Waals surface area contributed by atoms with Crippen LogP contribution in [0.1, 0.15) is 31.9 Å². The molecule has 0 bridgehead atoms. The molecule has 0 amide bonds. The molecule has 1 saturated heterocycles. The van der Waals surface area contributed by atoms with Crippen LogP contribution < -0.4 is 4.90 Å². The van der Waals surface area contributed by atoms with E-state index in [1.807, 2.05) is 0 Å². The van der Waals surface area contributed by atoms with Crippen molar-refractivity contribution < 1.29 is 23.1 Å². The molecular weight excluding hydrogens is 309 g/mol. The van der Waals surface area contributed by atoms with Gasteiger partial charge in [-0.3, -0.25) is 0 Å². The summed E-state index contributed by atoms with van der Waals surface area (Å²) < 4.78 is 39.4. The average Bonchev–Trinajstić information content (AvgIpc) is 2.66. The first-order chi connectivity index (χ1) is 10.5. The molecule has 124 valence electrons. The van der Waals surface area contributed by atoms with E-state index in [4.69, 9.17) is 5.26 Å². The van der Waals surface area contributed by atoms with Crippen LogP contribution in [0.15, 0.2) is 18.2 Å². The van der Waals surface area contributed by atoms with Crippen LogP contribution >= 0.6 is 0 Å². The molecule has 7 heteroatoms. The van der Waals surface area contributed by atoms with E-state index in [1.54, 1.807) is 20.8 Å². The van der Waals surface area contributed by atoms with E-state index in [9.17, 15) is 23.1 Å². The maximum absolute atomic E-state index is 13.1. The van der Waals surface area contributed by atoms with Crippen molar-refractivity contribution in [3.63, 3.8) is 0 Å². The molecule has 1 fully saturated rings. The molecule has 1 aromatic carbocycles. The summed E-state index contributed by atoms with van der Waals surface area (Å²) in [5.74, 6) is 0. The number of carbonyl (C=O) groups is 1. The molecule has 23 heavy (non-hydrogen) atoms. The number of anilines is 1. The number of nitrogens with zero attached hydrogens (tertiary/aromatic N) is 2. The summed E-state index contributed by atoms with van der Waals surface area (Å²) in [6, 6.07) is 4.83. The molecule has 2 atom stereocenters. The van der Waals surface area contributed by atoms with E-state index in [0.717, 1.165) is 12.1 Å². The number of β-amino-alcohol motifs (C(OH)–C–C–N with tert-alkyl or cyclic N) is 1. The van der Waals surface area contributed by atoms with Gasteiger partial charge >= 0.3 is 6.18 Å². The predicted molar refractivity (Wildman–Crippen MR) is 77.8 cm³/mol. The molecule has 1 aromatic rings. The van der Waals surface area contributed by atoms with E-state index >= 15 is 0 Å². The highest BCUT2D eigenvalue weighted by molar-refractivity contribution is 5.75. The number of hydrogen-bond donors (Lipinski definition) is 1. The van der Waals surface area contributed by atoms with Crippen molar-refractivity contribution in [3.8, 4) is 6.07 Å². The Kier molecular flexibility index (Phi) is 3.94. The van der Waals surface area contributed by atoms with Gasteiger partial charge in [-0.1, -0.05) is 13.8 Å². The predicted octanol–water partition coefficient (Wildman–Crippen LogP) is 2.74. The van der Waals surface area contributed by atoms with Gasteiger partial charge in [0.2, 0.25) is 0 Å². The largest absolute Gasteiger partial charge is 0.417 e. The summed E-state index contributed by atoms with van der Waals surface area (Å²) >= 11 is 0. The zero-order valence-corrected chi connectivity index (χ0v) is 13.0. The zero-order valence-electron chi connectivity index (χ0n) is 13.0. The maximum Gasteiger partial charge on any atom is 0.417 e. The third-order valence-corrected chi connectivity index (χ3v) is 5.02. The number of aldehydes is 1. The lowest BCUT2D eigenvalue weighted by molar-refractivity contribution is -0.137. The van der Waals surface area contributed by atoms with Gasteiger partial charge in [0.05, 0.1) is 23.3 Å². The van der Waals surface area contributed by atoms with Crippen LogP contribution in [-0.4, -0.2) is 29.6 Å². The van der Waals surface area contributed by atoms with Crippen molar-refractivity contribution in [2.24, 2.45) is 5.41 Å². The molecule has 4 nitrogen and oxygen atoms in total. The average molecular weight is 326 g/mol. The Morgan fingerprint density at radius 3 is 2.48 bits per heavy atom. The van der Waals surface area contributed by atoms with Gasteiger partial charge in [-0.25, -0.2) is 0 Å². The second-order valence-electron chi connectivity index (χ2n) is 6.45. The van der Waals surface area contributed by atoms with Crippen molar-refractivity contribution in [2.45, 2.75) is 38.6 Å². The Hall–Kier alpha value is -2.07. The quantitative estimate of drug-likeness (QED) is 0.849. The monoisotopic (exact) mass is 326 g/mol. The van der Waals surface area contributed by atoms with E-state index < -0.39 is 34.4 Å². The molecule has 2 rings (SSSR count). The van der Waals surface area contributed by atoms with E-state index in [1.165, 1.54) is 17.0 Å². The van der Waals surface area contributed by atoms with Crippen molar-refractivity contribution in [2.75, 3.05) is 11.4 Å². The van der Waals surface area contributed by atoms with Crippen molar-refractivity contribution >= 4 is 12.0 Å². The summed E-state index contributed by atoms with van der Waals surface area (Å²) in [5, 5.41) is 19.1. The first-order valence-electron chi connectivity index (χ1n) is 7.02. The van der Waals surface area contributed by atoms with Gasteiger partial charge in [-0.15, -0.1) is 0 Å². The van der Waals surface area contributed by atoms with Gasteiger partial charge in [0.1, 0.15) is 11.8 Å². The van der Waals surface area contributed by atoms with Crippen LogP contribution in [0.3, 0.4) is 0 Å². The van der Waals surface area contributed by atoms with Crippen molar-refractivity contribution in [1.29, 1.82) is 5.26 Å². The lowest BCUT2D eigenvalue weighted by atomic mass is 9.73. The number of aliphatic hydroxyl groups excluding tert-OH is 1. The second-order valence-corrected chi connectivity index (χ2v) is 6.45. The van der Waals surface area contributed by atoms with Gasteiger partial charge in [-0.05, 0) is 25.1 Å². The highest BCUT2D eigenvalue weighted by Crippen LogP contribution is 2.47. The first-order valence-corrected chi connectivity index (χ1v) is 7.02. The highest BCUT2D eigenvalue weighted by atomic mass is 19.4. The van der Waals surface area contributed by atoms with Gasteiger partial charge in [0.25, 0.3) is 0 Å². The molecule has 0 spiro atoms. The second kappa shape index (κ2) is 5.24. The van der Waals surface area contributed by atoms with Gasteiger partial charge in [0, 0.05) is 17.6 Å². The maximum atomic E-state index is 13.1. The van der Waals surface area contributed by atoms with Gasteiger partial charge in [-0.2, -0.15) is 18.4 Å². The number of rotatable bonds is 2. The van der Waals surface area contributed by atoms with Crippen LogP contribution in [0.25, 0.3) is 0 Å². The lowest BCUT2D eigenvalue weighted by Gasteiger charge is -2.40. The van der Waals surface area contributed by atoms with Crippen LogP contribution in [0.5, 0.6) is 0 Å². The number of alkyl halides is 3. The third-order valence-electron chi connectivity index (χ3n) is 5.02. The number of nitriles is 1. The van der Waals surface area contributed by atoms with Crippen molar-refractivity contribution in [3.05, 3.63) is 29.3 Å². The number of benzene rings is 1. The summed E-state index contributed by atoms with van der Waals surface area (Å²) in [5.41, 5.74) is -3.38. The van der Waals surface area contributed by atoms with E-state index in [-0.39, 0.29) is 12.2 Å². The Balaban J connectivity index is 2.60. The minimum Gasteiger partial charge on any atom is -0.391 e. The van der Waals surface area contributed by atoms with Crippen LogP contribution in [0.4, 0.5) is 18.9 Å². The van der Waals surface area contributed by atoms with E-state index in [0.29, 0.717) is 6.29 Å². The first kappa shape index (κ1) is 17.3. The Morgan fingerprint density at radius 2 is 2.00 bits per heavy atom. The minimum atomic E-state index is -4.67. The lowest BCUT2D eigenvalue weighted by Crippen LogP contribution is -2.52. The van der Waals surface area contributed by atoms with Crippen LogP contribution in [0, 0.1) is 16.7 Å². The molecule has 0 aliphatic carbocycles. The molecule has 1 heterocycles. The topological polar surface area (TPSA) is 64.3 Å². The third kappa shape index (κ3) is 2.47. The van der Waals surface area contributed by atoms with Crippen LogP contribution in [-0.2, 0) is 11.0 Å². The molecule has 1 aliphatic heterocycles. The summed E-state index contributed by atoms with van der Waals surface area (Å²) in [7, 11) is 0. The zero-order chi connectivity index (χ0) is 17.6. The SMILES string of the molecule is CC1(C)C(O)CN(c2ccc(C#N)c(C(F)(F)F)c2)C1(C)C=O. The van der Waals surface area contributed by atoms with Gasteiger partial charge < -0.3 is 14.8 Å². The number of carbonyl (C=O) groups excluding carboxylic acids is 1. The Morgan fingerprint density at radius 1 is 1.39 bits per heavy atom. The molecule has 0 radical (unpaired) electrons. The summed E-state index contributed by atoms with van der Waals surface area (Å²) in [6.07, 6.45) is -4.90. The van der Waals surface area contributed by atoms with Crippen LogP contribution in [0.2, 0.25) is 0 Å². The van der Waals surface area contributed by atoms with Crippen molar-refractivity contribution in [1.82, 2.24) is 0 Å².